The highest BCUT2D eigenvalue weighted by atomic mass is 16.1. The fraction of sp³-hybridized carbons (Fsp3) is 0.917. The minimum absolute atomic E-state index is 0.158. The Hall–Kier alpha value is -0.330. The maximum Gasteiger partial charge on any atom is 0.126 e. The Morgan fingerprint density at radius 3 is 2.31 bits per heavy atom. The molecule has 0 bridgehead atoms. The zero-order valence-electron chi connectivity index (χ0n) is 8.59. The lowest BCUT2D eigenvalue weighted by atomic mass is 9.78. The van der Waals surface area contributed by atoms with Crippen molar-refractivity contribution in [1.29, 1.82) is 0 Å². The van der Waals surface area contributed by atoms with Crippen molar-refractivity contribution in [3.05, 3.63) is 0 Å². The maximum absolute atomic E-state index is 10.8. The van der Waals surface area contributed by atoms with Gasteiger partial charge in [-0.2, -0.15) is 0 Å². The number of aldehydes is 1. The van der Waals surface area contributed by atoms with Crippen molar-refractivity contribution >= 4 is 6.29 Å². The second kappa shape index (κ2) is 3.43. The molecule has 2 saturated carbocycles. The largest absolute Gasteiger partial charge is 0.303 e. The van der Waals surface area contributed by atoms with E-state index in [1.54, 1.807) is 0 Å². The summed E-state index contributed by atoms with van der Waals surface area (Å²) >= 11 is 0. The van der Waals surface area contributed by atoms with Crippen molar-refractivity contribution in [2.45, 2.75) is 51.9 Å². The summed E-state index contributed by atoms with van der Waals surface area (Å²) in [5, 5.41) is 0. The average molecular weight is 180 g/mol. The molecule has 1 heteroatoms. The van der Waals surface area contributed by atoms with E-state index in [0.29, 0.717) is 0 Å². The van der Waals surface area contributed by atoms with Gasteiger partial charge in [0.1, 0.15) is 6.29 Å². The van der Waals surface area contributed by atoms with Crippen molar-refractivity contribution in [3.63, 3.8) is 0 Å². The number of carbonyl (C=O) groups excluding carboxylic acids is 1. The van der Waals surface area contributed by atoms with Crippen LogP contribution in [0.25, 0.3) is 0 Å². The zero-order valence-corrected chi connectivity index (χ0v) is 8.59. The first-order valence-electron chi connectivity index (χ1n) is 5.70. The summed E-state index contributed by atoms with van der Waals surface area (Å²) in [5.41, 5.74) is 0.158. The quantitative estimate of drug-likeness (QED) is 0.610. The first-order chi connectivity index (χ1) is 6.24. The summed E-state index contributed by atoms with van der Waals surface area (Å²) in [6.45, 7) is 2.35. The van der Waals surface area contributed by atoms with Gasteiger partial charge in [-0.05, 0) is 31.1 Å². The summed E-state index contributed by atoms with van der Waals surface area (Å²) < 4.78 is 0. The molecule has 2 aliphatic rings. The van der Waals surface area contributed by atoms with Crippen LogP contribution in [0.5, 0.6) is 0 Å². The summed E-state index contributed by atoms with van der Waals surface area (Å²) in [7, 11) is 0. The van der Waals surface area contributed by atoms with E-state index < -0.39 is 0 Å². The molecule has 0 atom stereocenters. The minimum Gasteiger partial charge on any atom is -0.303 e. The van der Waals surface area contributed by atoms with Crippen LogP contribution in [0.15, 0.2) is 0 Å². The van der Waals surface area contributed by atoms with Gasteiger partial charge in [-0.3, -0.25) is 0 Å². The van der Waals surface area contributed by atoms with Crippen LogP contribution in [0, 0.1) is 17.3 Å². The van der Waals surface area contributed by atoms with E-state index in [2.05, 4.69) is 6.92 Å². The van der Waals surface area contributed by atoms with Gasteiger partial charge in [-0.25, -0.2) is 0 Å². The summed E-state index contributed by atoms with van der Waals surface area (Å²) in [4.78, 5) is 10.8. The predicted octanol–water partition coefficient (Wildman–Crippen LogP) is 3.18. The number of rotatable bonds is 3. The molecule has 0 aromatic carbocycles. The highest BCUT2D eigenvalue weighted by Crippen LogP contribution is 2.50. The fourth-order valence-corrected chi connectivity index (χ4v) is 2.64. The van der Waals surface area contributed by atoms with Crippen molar-refractivity contribution in [3.8, 4) is 0 Å². The third kappa shape index (κ3) is 2.12. The van der Waals surface area contributed by atoms with E-state index in [-0.39, 0.29) is 5.41 Å². The molecular formula is C12H20O. The Balaban J connectivity index is 1.79. The molecule has 0 N–H and O–H groups in total. The molecule has 0 radical (unpaired) electrons. The predicted molar refractivity (Wildman–Crippen MR) is 53.5 cm³/mol. The van der Waals surface area contributed by atoms with E-state index in [0.717, 1.165) is 11.8 Å². The monoisotopic (exact) mass is 180 g/mol. The third-order valence-electron chi connectivity index (χ3n) is 3.97. The molecule has 1 nitrogen and oxygen atoms in total. The van der Waals surface area contributed by atoms with Crippen molar-refractivity contribution in [2.75, 3.05) is 0 Å². The first kappa shape index (κ1) is 9.23. The minimum atomic E-state index is 0.158. The molecule has 2 aliphatic carbocycles. The standard InChI is InChI=1S/C12H20O/c1-10-2-4-11(5-3-10)8-12(9-13)6-7-12/h9-11H,2-8H2,1H3. The van der Waals surface area contributed by atoms with Gasteiger partial charge in [0.25, 0.3) is 0 Å². The number of carbonyl (C=O) groups is 1. The molecule has 0 aliphatic heterocycles. The molecule has 74 valence electrons. The topological polar surface area (TPSA) is 17.1 Å². The van der Waals surface area contributed by atoms with Gasteiger partial charge in [0, 0.05) is 5.41 Å². The molecule has 13 heavy (non-hydrogen) atoms. The summed E-state index contributed by atoms with van der Waals surface area (Å²) in [6.07, 6.45) is 10.3. The Morgan fingerprint density at radius 1 is 1.23 bits per heavy atom. The van der Waals surface area contributed by atoms with Crippen LogP contribution in [0.4, 0.5) is 0 Å². The molecule has 0 spiro atoms. The Morgan fingerprint density at radius 2 is 1.85 bits per heavy atom. The Labute approximate surface area is 80.9 Å². The molecule has 0 aromatic heterocycles. The third-order valence-corrected chi connectivity index (χ3v) is 3.97. The van der Waals surface area contributed by atoms with Gasteiger partial charge in [0.2, 0.25) is 0 Å². The second-order valence-electron chi connectivity index (χ2n) is 5.31. The van der Waals surface area contributed by atoms with E-state index >= 15 is 0 Å². The number of hydrogen-bond acceptors (Lipinski definition) is 1. The lowest BCUT2D eigenvalue weighted by Gasteiger charge is -2.27. The van der Waals surface area contributed by atoms with E-state index in [1.165, 1.54) is 51.2 Å². The Kier molecular flexibility index (Phi) is 2.44. The molecular weight excluding hydrogens is 160 g/mol. The van der Waals surface area contributed by atoms with Crippen LogP contribution in [0.1, 0.15) is 51.9 Å². The zero-order chi connectivity index (χ0) is 9.31. The van der Waals surface area contributed by atoms with Crippen molar-refractivity contribution < 1.29 is 4.79 Å². The van der Waals surface area contributed by atoms with Crippen LogP contribution in [0.3, 0.4) is 0 Å². The van der Waals surface area contributed by atoms with Crippen LogP contribution in [0.2, 0.25) is 0 Å². The SMILES string of the molecule is CC1CCC(CC2(C=O)CC2)CC1. The normalized spacial score (nSPS) is 37.0. The first-order valence-corrected chi connectivity index (χ1v) is 5.70. The highest BCUT2D eigenvalue weighted by molar-refractivity contribution is 5.63. The molecule has 0 unspecified atom stereocenters. The van der Waals surface area contributed by atoms with Crippen LogP contribution < -0.4 is 0 Å². The van der Waals surface area contributed by atoms with Gasteiger partial charge in [-0.15, -0.1) is 0 Å². The maximum atomic E-state index is 10.8. The van der Waals surface area contributed by atoms with Gasteiger partial charge in [-0.1, -0.05) is 32.6 Å². The van der Waals surface area contributed by atoms with Gasteiger partial charge in [0.15, 0.2) is 0 Å². The van der Waals surface area contributed by atoms with Crippen molar-refractivity contribution in [2.24, 2.45) is 17.3 Å². The van der Waals surface area contributed by atoms with Crippen LogP contribution >= 0.6 is 0 Å². The summed E-state index contributed by atoms with van der Waals surface area (Å²) in [6, 6.07) is 0. The highest BCUT2D eigenvalue weighted by Gasteiger charge is 2.44. The molecule has 0 aromatic rings. The average Bonchev–Trinajstić information content (AvgIpc) is 2.90. The molecule has 2 rings (SSSR count). The van der Waals surface area contributed by atoms with E-state index in [1.807, 2.05) is 0 Å². The van der Waals surface area contributed by atoms with Crippen LogP contribution in [-0.4, -0.2) is 6.29 Å². The molecule has 0 heterocycles. The van der Waals surface area contributed by atoms with E-state index in [4.69, 9.17) is 0 Å². The van der Waals surface area contributed by atoms with Crippen molar-refractivity contribution in [1.82, 2.24) is 0 Å². The van der Waals surface area contributed by atoms with Gasteiger partial charge >= 0.3 is 0 Å². The number of hydrogen-bond donors (Lipinski definition) is 0. The molecule has 0 saturated heterocycles. The molecule has 0 amide bonds. The summed E-state index contributed by atoms with van der Waals surface area (Å²) in [5.74, 6) is 1.80. The van der Waals surface area contributed by atoms with Crippen LogP contribution in [-0.2, 0) is 4.79 Å². The molecule has 2 fully saturated rings. The lowest BCUT2D eigenvalue weighted by molar-refractivity contribution is -0.112. The lowest BCUT2D eigenvalue weighted by Crippen LogP contribution is -2.17. The van der Waals surface area contributed by atoms with Gasteiger partial charge < -0.3 is 4.79 Å². The Bertz CT molecular complexity index is 185. The van der Waals surface area contributed by atoms with Gasteiger partial charge in [0.05, 0.1) is 0 Å². The fourth-order valence-electron chi connectivity index (χ4n) is 2.64. The smallest absolute Gasteiger partial charge is 0.126 e. The second-order valence-corrected chi connectivity index (χ2v) is 5.31. The van der Waals surface area contributed by atoms with E-state index in [9.17, 15) is 4.79 Å².